The van der Waals surface area contributed by atoms with Crippen LogP contribution in [0.15, 0.2) is 90.5 Å². The summed E-state index contributed by atoms with van der Waals surface area (Å²) in [6.07, 6.45) is -1.47. The van der Waals surface area contributed by atoms with Crippen molar-refractivity contribution < 1.29 is 53.9 Å². The topological polar surface area (TPSA) is 312 Å². The number of benzene rings is 3. The van der Waals surface area contributed by atoms with Crippen molar-refractivity contribution in [2.45, 2.75) is 75.9 Å². The highest BCUT2D eigenvalue weighted by Gasteiger charge is 2.34. The van der Waals surface area contributed by atoms with Gasteiger partial charge in [-0.25, -0.2) is 4.79 Å². The summed E-state index contributed by atoms with van der Waals surface area (Å²) in [6.45, 7) is 2.33. The molecule has 19 heteroatoms. The molecule has 0 saturated carbocycles. The summed E-state index contributed by atoms with van der Waals surface area (Å²) in [4.78, 5) is 66.6. The first-order valence-corrected chi connectivity index (χ1v) is 19.0. The first-order valence-electron chi connectivity index (χ1n) is 19.0. The third-order valence-corrected chi connectivity index (χ3v) is 9.49. The number of carbonyl (C=O) groups excluding carboxylic acids is 4. The van der Waals surface area contributed by atoms with E-state index < -0.39 is 78.6 Å². The molecule has 4 amide bonds. The molecule has 0 bridgehead atoms. The smallest absolute Gasteiger partial charge is 0.329 e. The summed E-state index contributed by atoms with van der Waals surface area (Å²) in [5.74, 6) is -5.16. The number of nitrogens with zero attached hydrogens (tertiary/aromatic N) is 1. The number of aliphatic hydroxyl groups excluding tert-OH is 3. The van der Waals surface area contributed by atoms with E-state index in [1.54, 1.807) is 6.08 Å². The monoisotopic (exact) mass is 832 g/mol. The fourth-order valence-electron chi connectivity index (χ4n) is 5.91. The van der Waals surface area contributed by atoms with Crippen LogP contribution in [-0.4, -0.2) is 117 Å². The number of carbonyl (C=O) groups is 5. The zero-order chi connectivity index (χ0) is 43.9. The Kier molecular flexibility index (Phi) is 16.9. The maximum absolute atomic E-state index is 13.4. The first-order chi connectivity index (χ1) is 28.6. The number of aliphatic carboxylic acids is 1. The van der Waals surface area contributed by atoms with Crippen LogP contribution in [0, 0.1) is 5.41 Å². The molecule has 1 aliphatic heterocycles. The Balaban J connectivity index is 1.43. The number of amides is 4. The molecule has 0 spiro atoms. The van der Waals surface area contributed by atoms with Crippen LogP contribution < -0.4 is 42.2 Å². The summed E-state index contributed by atoms with van der Waals surface area (Å²) in [5, 5.41) is 58.2. The van der Waals surface area contributed by atoms with Crippen LogP contribution in [0.3, 0.4) is 0 Å². The number of nitrogens with two attached hydrogens (primary N) is 2. The van der Waals surface area contributed by atoms with E-state index in [1.807, 2.05) is 60.7 Å². The van der Waals surface area contributed by atoms with E-state index in [0.29, 0.717) is 11.3 Å². The second kappa shape index (κ2) is 22.0. The minimum Gasteiger partial charge on any atom is -0.485 e. The molecule has 0 saturated heterocycles. The summed E-state index contributed by atoms with van der Waals surface area (Å²) in [7, 11) is 0. The summed E-state index contributed by atoms with van der Waals surface area (Å²) >= 11 is 0. The van der Waals surface area contributed by atoms with Crippen molar-refractivity contribution in [1.29, 1.82) is 5.41 Å². The fraction of sp³-hybridized carbons (Fsp3) is 0.366. The van der Waals surface area contributed by atoms with E-state index >= 15 is 0 Å². The predicted molar refractivity (Wildman–Crippen MR) is 217 cm³/mol. The van der Waals surface area contributed by atoms with Gasteiger partial charge in [0, 0.05) is 13.1 Å². The Hall–Kier alpha value is -6.54. The SMILES string of the molecule is CC(NC(=O)C(CO)NC(=O)C(CC1=CCN(C(=N)N)C1)NC(=O)C(N)C(C)O)C(=O)NC(C(=O)O)C(O)c1ccc(OCc2ccccc2)c(OCc2ccccc2)c1. The summed E-state index contributed by atoms with van der Waals surface area (Å²) in [5.41, 5.74) is 13.7. The van der Waals surface area contributed by atoms with Gasteiger partial charge < -0.3 is 67.5 Å². The average Bonchev–Trinajstić information content (AvgIpc) is 3.72. The molecule has 3 aromatic carbocycles. The molecule has 0 aromatic heterocycles. The maximum Gasteiger partial charge on any atom is 0.329 e. The molecule has 0 aliphatic carbocycles. The molecule has 1 aliphatic rings. The van der Waals surface area contributed by atoms with Crippen molar-refractivity contribution in [2.75, 3.05) is 19.7 Å². The molecule has 7 atom stereocenters. The Bertz CT molecular complexity index is 2000. The van der Waals surface area contributed by atoms with Crippen molar-refractivity contribution >= 4 is 35.6 Å². The third kappa shape index (κ3) is 13.2. The molecule has 4 rings (SSSR count). The minimum atomic E-state index is -1.91. The highest BCUT2D eigenvalue weighted by Crippen LogP contribution is 2.33. The second-order valence-electron chi connectivity index (χ2n) is 14.2. The van der Waals surface area contributed by atoms with E-state index in [2.05, 4.69) is 21.3 Å². The van der Waals surface area contributed by atoms with Gasteiger partial charge in [0.25, 0.3) is 0 Å². The zero-order valence-electron chi connectivity index (χ0n) is 33.1. The van der Waals surface area contributed by atoms with Gasteiger partial charge in [0.1, 0.15) is 43.5 Å². The molecule has 7 unspecified atom stereocenters. The number of hydrogen-bond acceptors (Lipinski definition) is 12. The van der Waals surface area contributed by atoms with E-state index in [0.717, 1.165) is 11.1 Å². The number of carboxylic acids is 1. The largest absolute Gasteiger partial charge is 0.485 e. The molecular weight excluding hydrogens is 780 g/mol. The Morgan fingerprint density at radius 2 is 1.35 bits per heavy atom. The second-order valence-corrected chi connectivity index (χ2v) is 14.2. The van der Waals surface area contributed by atoms with Crippen LogP contribution in [0.2, 0.25) is 0 Å². The lowest BCUT2D eigenvalue weighted by Gasteiger charge is -2.26. The van der Waals surface area contributed by atoms with Crippen molar-refractivity contribution in [3.63, 3.8) is 0 Å². The van der Waals surface area contributed by atoms with E-state index in [-0.39, 0.29) is 50.0 Å². The van der Waals surface area contributed by atoms with Gasteiger partial charge in [0.05, 0.1) is 12.7 Å². The van der Waals surface area contributed by atoms with Crippen molar-refractivity contribution in [2.24, 2.45) is 11.5 Å². The molecular formula is C41H52N8O11. The average molecular weight is 833 g/mol. The van der Waals surface area contributed by atoms with Gasteiger partial charge in [-0.3, -0.25) is 24.6 Å². The van der Waals surface area contributed by atoms with E-state index in [1.165, 1.54) is 36.9 Å². The van der Waals surface area contributed by atoms with Gasteiger partial charge in [-0.05, 0) is 49.1 Å². The van der Waals surface area contributed by atoms with E-state index in [4.69, 9.17) is 26.4 Å². The lowest BCUT2D eigenvalue weighted by Crippen LogP contribution is -2.59. The Morgan fingerprint density at radius 3 is 1.88 bits per heavy atom. The van der Waals surface area contributed by atoms with Crippen molar-refractivity contribution in [3.05, 3.63) is 107 Å². The van der Waals surface area contributed by atoms with Crippen LogP contribution in [0.25, 0.3) is 0 Å². The molecule has 1 heterocycles. The Labute approximate surface area is 346 Å². The molecule has 13 N–H and O–H groups in total. The fourth-order valence-corrected chi connectivity index (χ4v) is 5.91. The van der Waals surface area contributed by atoms with E-state index in [9.17, 15) is 44.4 Å². The van der Waals surface area contributed by atoms with Crippen LogP contribution in [0.4, 0.5) is 0 Å². The lowest BCUT2D eigenvalue weighted by molar-refractivity contribution is -0.145. The van der Waals surface area contributed by atoms with Crippen molar-refractivity contribution in [1.82, 2.24) is 26.2 Å². The molecule has 60 heavy (non-hydrogen) atoms. The summed E-state index contributed by atoms with van der Waals surface area (Å²) in [6, 6.07) is 15.2. The van der Waals surface area contributed by atoms with Crippen LogP contribution >= 0.6 is 0 Å². The Morgan fingerprint density at radius 1 is 0.783 bits per heavy atom. The molecule has 322 valence electrons. The van der Waals surface area contributed by atoms with Gasteiger partial charge >= 0.3 is 5.97 Å². The third-order valence-electron chi connectivity index (χ3n) is 9.49. The number of carboxylic acid groups (broad SMARTS) is 1. The van der Waals surface area contributed by atoms with Crippen LogP contribution in [0.5, 0.6) is 11.5 Å². The maximum atomic E-state index is 13.4. The minimum absolute atomic E-state index is 0.0657. The quantitative estimate of drug-likeness (QED) is 0.0354. The number of aliphatic hydroxyl groups is 3. The number of nitrogens with one attached hydrogen (secondary N) is 5. The number of ether oxygens (including phenoxy) is 2. The van der Waals surface area contributed by atoms with Crippen LogP contribution in [-0.2, 0) is 37.2 Å². The van der Waals surface area contributed by atoms with Crippen LogP contribution in [0.1, 0.15) is 43.1 Å². The standard InChI is InChI=1S/C41H52N8O11/c1-23(45-38(55)30(20-50)47-37(54)29(46-39(56)33(42)24(2)51)17-27-15-16-49(19-27)41(43)44)36(53)48-34(40(57)58)35(52)28-13-14-31(59-21-25-9-5-3-6-10-25)32(18-28)60-22-26-11-7-4-8-12-26/h3-15,18,23-24,29-30,33-35,50-52H,16-17,19-22,42H2,1-2H3,(H3,43,44)(H,45,55)(H,46,56)(H,47,54)(H,48,53)(H,57,58). The molecule has 19 nitrogen and oxygen atoms in total. The van der Waals surface area contributed by atoms with Gasteiger partial charge in [0.2, 0.25) is 23.6 Å². The number of rotatable bonds is 21. The number of guanidine groups is 1. The van der Waals surface area contributed by atoms with Gasteiger partial charge in [-0.2, -0.15) is 0 Å². The molecule has 3 aromatic rings. The lowest BCUT2D eigenvalue weighted by atomic mass is 10.0. The van der Waals surface area contributed by atoms with Crippen molar-refractivity contribution in [3.8, 4) is 11.5 Å². The molecule has 0 fully saturated rings. The zero-order valence-corrected chi connectivity index (χ0v) is 33.1. The highest BCUT2D eigenvalue weighted by molar-refractivity contribution is 5.95. The number of hydrogen-bond donors (Lipinski definition) is 11. The predicted octanol–water partition coefficient (Wildman–Crippen LogP) is -0.852. The van der Waals surface area contributed by atoms with Gasteiger partial charge in [-0.1, -0.05) is 78.4 Å². The normalized spacial score (nSPS) is 15.8. The first kappa shape index (κ1) is 46.2. The van der Waals surface area contributed by atoms with Gasteiger partial charge in [0.15, 0.2) is 23.5 Å². The highest BCUT2D eigenvalue weighted by atomic mass is 16.5. The molecule has 0 radical (unpaired) electrons. The summed E-state index contributed by atoms with van der Waals surface area (Å²) < 4.78 is 12.0. The van der Waals surface area contributed by atoms with Gasteiger partial charge in [-0.15, -0.1) is 0 Å².